The first-order chi connectivity index (χ1) is 8.09. The Bertz CT molecular complexity index is 459. The van der Waals surface area contributed by atoms with Gasteiger partial charge in [0.15, 0.2) is 0 Å². The minimum atomic E-state index is -0.792. The van der Waals surface area contributed by atoms with E-state index in [9.17, 15) is 5.11 Å². The molecule has 2 aromatic heterocycles. The van der Waals surface area contributed by atoms with Crippen molar-refractivity contribution in [1.82, 2.24) is 9.88 Å². The summed E-state index contributed by atoms with van der Waals surface area (Å²) in [6.07, 6.45) is 2.02. The molecule has 0 aliphatic heterocycles. The standard InChI is InChI=1S/C13H18N2OS/c1-13(16,12-6-4-8-17-12)10-14-9-11-5-3-7-15(11)2/h3-8,14,16H,9-10H2,1-2H3. The molecule has 2 heterocycles. The topological polar surface area (TPSA) is 37.2 Å². The summed E-state index contributed by atoms with van der Waals surface area (Å²) >= 11 is 1.59. The van der Waals surface area contributed by atoms with E-state index in [0.717, 1.165) is 11.4 Å². The lowest BCUT2D eigenvalue weighted by atomic mass is 10.1. The van der Waals surface area contributed by atoms with Gasteiger partial charge in [0.2, 0.25) is 0 Å². The molecule has 0 saturated heterocycles. The highest BCUT2D eigenvalue weighted by atomic mass is 32.1. The molecule has 2 rings (SSSR count). The van der Waals surface area contributed by atoms with Gasteiger partial charge in [-0.05, 0) is 30.5 Å². The molecule has 17 heavy (non-hydrogen) atoms. The average molecular weight is 250 g/mol. The van der Waals surface area contributed by atoms with Crippen molar-refractivity contribution in [2.45, 2.75) is 19.1 Å². The van der Waals surface area contributed by atoms with Crippen molar-refractivity contribution in [2.24, 2.45) is 7.05 Å². The Morgan fingerprint density at radius 2 is 2.24 bits per heavy atom. The quantitative estimate of drug-likeness (QED) is 0.852. The molecule has 92 valence electrons. The lowest BCUT2D eigenvalue weighted by molar-refractivity contribution is 0.0603. The summed E-state index contributed by atoms with van der Waals surface area (Å²) in [4.78, 5) is 0.997. The monoisotopic (exact) mass is 250 g/mol. The highest BCUT2D eigenvalue weighted by molar-refractivity contribution is 7.10. The third-order valence-electron chi connectivity index (χ3n) is 2.88. The molecule has 2 N–H and O–H groups in total. The zero-order valence-electron chi connectivity index (χ0n) is 10.2. The third kappa shape index (κ3) is 2.97. The summed E-state index contributed by atoms with van der Waals surface area (Å²) in [7, 11) is 2.02. The van der Waals surface area contributed by atoms with E-state index in [-0.39, 0.29) is 0 Å². The van der Waals surface area contributed by atoms with Crippen molar-refractivity contribution < 1.29 is 5.11 Å². The van der Waals surface area contributed by atoms with Gasteiger partial charge in [0.25, 0.3) is 0 Å². The van der Waals surface area contributed by atoms with Crippen LogP contribution in [0.2, 0.25) is 0 Å². The van der Waals surface area contributed by atoms with Crippen molar-refractivity contribution in [3.05, 3.63) is 46.4 Å². The van der Waals surface area contributed by atoms with E-state index in [1.807, 2.05) is 43.7 Å². The van der Waals surface area contributed by atoms with Crippen LogP contribution in [0.5, 0.6) is 0 Å². The maximum Gasteiger partial charge on any atom is 0.108 e. The van der Waals surface area contributed by atoms with E-state index in [4.69, 9.17) is 0 Å². The van der Waals surface area contributed by atoms with Crippen molar-refractivity contribution in [2.75, 3.05) is 6.54 Å². The summed E-state index contributed by atoms with van der Waals surface area (Å²) in [6, 6.07) is 8.03. The van der Waals surface area contributed by atoms with Crippen molar-refractivity contribution in [3.63, 3.8) is 0 Å². The number of rotatable bonds is 5. The predicted molar refractivity (Wildman–Crippen MR) is 71.0 cm³/mol. The van der Waals surface area contributed by atoms with Crippen LogP contribution >= 0.6 is 11.3 Å². The van der Waals surface area contributed by atoms with Gasteiger partial charge in [-0.3, -0.25) is 0 Å². The van der Waals surface area contributed by atoms with Crippen LogP contribution < -0.4 is 5.32 Å². The smallest absolute Gasteiger partial charge is 0.108 e. The molecule has 0 radical (unpaired) electrons. The van der Waals surface area contributed by atoms with E-state index < -0.39 is 5.60 Å². The number of nitrogens with zero attached hydrogens (tertiary/aromatic N) is 1. The Kier molecular flexibility index (Phi) is 3.66. The largest absolute Gasteiger partial charge is 0.383 e. The van der Waals surface area contributed by atoms with Crippen LogP contribution in [0, 0.1) is 0 Å². The van der Waals surface area contributed by atoms with Gasteiger partial charge in [-0.25, -0.2) is 0 Å². The third-order valence-corrected chi connectivity index (χ3v) is 4.00. The average Bonchev–Trinajstić information content (AvgIpc) is 2.90. The molecular weight excluding hydrogens is 232 g/mol. The maximum atomic E-state index is 10.3. The Morgan fingerprint density at radius 3 is 2.82 bits per heavy atom. The Morgan fingerprint density at radius 1 is 1.41 bits per heavy atom. The van der Waals surface area contributed by atoms with E-state index in [0.29, 0.717) is 6.54 Å². The van der Waals surface area contributed by atoms with Crippen LogP contribution in [0.1, 0.15) is 17.5 Å². The Hall–Kier alpha value is -1.10. The summed E-state index contributed by atoms with van der Waals surface area (Å²) in [5, 5.41) is 15.6. The van der Waals surface area contributed by atoms with Gasteiger partial charge in [-0.2, -0.15) is 0 Å². The van der Waals surface area contributed by atoms with Crippen LogP contribution in [-0.4, -0.2) is 16.2 Å². The number of hydrogen-bond donors (Lipinski definition) is 2. The molecule has 0 aliphatic carbocycles. The summed E-state index contributed by atoms with van der Waals surface area (Å²) < 4.78 is 2.08. The van der Waals surface area contributed by atoms with Gasteiger partial charge in [-0.15, -0.1) is 11.3 Å². The first-order valence-electron chi connectivity index (χ1n) is 5.67. The Balaban J connectivity index is 1.88. The van der Waals surface area contributed by atoms with Crippen LogP contribution in [0.25, 0.3) is 0 Å². The van der Waals surface area contributed by atoms with Crippen molar-refractivity contribution >= 4 is 11.3 Å². The molecule has 0 saturated carbocycles. The van der Waals surface area contributed by atoms with Gasteiger partial charge >= 0.3 is 0 Å². The van der Waals surface area contributed by atoms with Gasteiger partial charge < -0.3 is 15.0 Å². The molecule has 0 spiro atoms. The summed E-state index contributed by atoms with van der Waals surface area (Å²) in [5.41, 5.74) is 0.422. The molecule has 1 unspecified atom stereocenters. The van der Waals surface area contributed by atoms with Crippen LogP contribution in [0.4, 0.5) is 0 Å². The lowest BCUT2D eigenvalue weighted by Crippen LogP contribution is -2.34. The van der Waals surface area contributed by atoms with Gasteiger partial charge in [0.1, 0.15) is 5.60 Å². The van der Waals surface area contributed by atoms with Crippen LogP contribution in [0.15, 0.2) is 35.8 Å². The normalized spacial score (nSPS) is 14.8. The molecule has 0 amide bonds. The summed E-state index contributed by atoms with van der Waals surface area (Å²) in [5.74, 6) is 0. The molecule has 0 aliphatic rings. The molecule has 0 aromatic carbocycles. The minimum Gasteiger partial charge on any atom is -0.383 e. The fourth-order valence-electron chi connectivity index (χ4n) is 1.79. The minimum absolute atomic E-state index is 0.554. The fraction of sp³-hybridized carbons (Fsp3) is 0.385. The second-order valence-corrected chi connectivity index (χ2v) is 5.41. The molecule has 2 aromatic rings. The maximum absolute atomic E-state index is 10.3. The van der Waals surface area contributed by atoms with E-state index in [1.165, 1.54) is 5.69 Å². The molecule has 1 atom stereocenters. The highest BCUT2D eigenvalue weighted by Crippen LogP contribution is 2.24. The first kappa shape index (κ1) is 12.4. The number of nitrogens with one attached hydrogen (secondary N) is 1. The SMILES string of the molecule is Cn1cccc1CNCC(C)(O)c1cccs1. The number of thiophene rings is 1. The zero-order chi connectivity index (χ0) is 12.3. The fourth-order valence-corrected chi connectivity index (χ4v) is 2.57. The molecule has 0 fully saturated rings. The number of aromatic nitrogens is 1. The van der Waals surface area contributed by atoms with E-state index >= 15 is 0 Å². The summed E-state index contributed by atoms with van der Waals surface area (Å²) in [6.45, 7) is 3.17. The van der Waals surface area contributed by atoms with Gasteiger partial charge in [-0.1, -0.05) is 6.07 Å². The molecule has 0 bridgehead atoms. The molecule has 3 nitrogen and oxygen atoms in total. The second kappa shape index (κ2) is 5.04. The number of aryl methyl sites for hydroxylation is 1. The molecule has 4 heteroatoms. The lowest BCUT2D eigenvalue weighted by Gasteiger charge is -2.22. The first-order valence-corrected chi connectivity index (χ1v) is 6.55. The van der Waals surface area contributed by atoms with Crippen molar-refractivity contribution in [1.29, 1.82) is 0 Å². The van der Waals surface area contributed by atoms with Gasteiger partial charge in [0.05, 0.1) is 0 Å². The second-order valence-electron chi connectivity index (χ2n) is 4.47. The van der Waals surface area contributed by atoms with Crippen LogP contribution in [0.3, 0.4) is 0 Å². The van der Waals surface area contributed by atoms with Crippen molar-refractivity contribution in [3.8, 4) is 0 Å². The number of aliphatic hydroxyl groups is 1. The zero-order valence-corrected chi connectivity index (χ0v) is 11.0. The van der Waals surface area contributed by atoms with Crippen LogP contribution in [-0.2, 0) is 19.2 Å². The molecular formula is C13H18N2OS. The van der Waals surface area contributed by atoms with E-state index in [1.54, 1.807) is 11.3 Å². The highest BCUT2D eigenvalue weighted by Gasteiger charge is 2.23. The van der Waals surface area contributed by atoms with Gasteiger partial charge in [0, 0.05) is 36.9 Å². The number of hydrogen-bond acceptors (Lipinski definition) is 3. The van der Waals surface area contributed by atoms with E-state index in [2.05, 4.69) is 16.0 Å². The Labute approximate surface area is 106 Å². The predicted octanol–water partition coefficient (Wildman–Crippen LogP) is 2.08.